The van der Waals surface area contributed by atoms with Crippen molar-refractivity contribution in [3.05, 3.63) is 46.2 Å². The number of thiazole rings is 1. The van der Waals surface area contributed by atoms with Gasteiger partial charge in [0.1, 0.15) is 10.8 Å². The predicted octanol–water partition coefficient (Wildman–Crippen LogP) is 2.32. The molecule has 19 heavy (non-hydrogen) atoms. The highest BCUT2D eigenvalue weighted by atomic mass is 32.1. The third-order valence-corrected chi connectivity index (χ3v) is 3.32. The van der Waals surface area contributed by atoms with Gasteiger partial charge in [-0.05, 0) is 31.2 Å². The number of hydrogen-bond acceptors (Lipinski definition) is 4. The second-order valence-electron chi connectivity index (χ2n) is 4.04. The van der Waals surface area contributed by atoms with Crippen LogP contribution in [0.1, 0.15) is 10.7 Å². The van der Waals surface area contributed by atoms with Crippen LogP contribution >= 0.6 is 11.3 Å². The summed E-state index contributed by atoms with van der Waals surface area (Å²) in [5.74, 6) is -0.491. The van der Waals surface area contributed by atoms with Crippen LogP contribution in [0, 0.1) is 12.7 Å². The number of halogens is 1. The van der Waals surface area contributed by atoms with Gasteiger partial charge >= 0.3 is 0 Å². The lowest BCUT2D eigenvalue weighted by Crippen LogP contribution is -2.27. The van der Waals surface area contributed by atoms with Crippen molar-refractivity contribution in [2.75, 3.05) is 11.9 Å². The summed E-state index contributed by atoms with van der Waals surface area (Å²) in [7, 11) is 0. The summed E-state index contributed by atoms with van der Waals surface area (Å²) >= 11 is 1.56. The van der Waals surface area contributed by atoms with E-state index in [1.165, 1.54) is 24.3 Å². The predicted molar refractivity (Wildman–Crippen MR) is 73.6 cm³/mol. The van der Waals surface area contributed by atoms with E-state index >= 15 is 0 Å². The zero-order valence-corrected chi connectivity index (χ0v) is 11.3. The first-order valence-corrected chi connectivity index (χ1v) is 6.68. The lowest BCUT2D eigenvalue weighted by molar-refractivity contribution is -0.115. The van der Waals surface area contributed by atoms with Gasteiger partial charge < -0.3 is 10.6 Å². The topological polar surface area (TPSA) is 54.0 Å². The second kappa shape index (κ2) is 6.40. The van der Waals surface area contributed by atoms with Crippen molar-refractivity contribution in [2.45, 2.75) is 13.5 Å². The number of carbonyl (C=O) groups is 1. The number of rotatable bonds is 5. The summed E-state index contributed by atoms with van der Waals surface area (Å²) in [6, 6.07) is 5.66. The van der Waals surface area contributed by atoms with E-state index in [9.17, 15) is 9.18 Å². The average molecular weight is 279 g/mol. The Kier molecular flexibility index (Phi) is 4.59. The molecule has 1 aromatic carbocycles. The summed E-state index contributed by atoms with van der Waals surface area (Å²) in [5, 5.41) is 8.60. The number of hydrogen-bond donors (Lipinski definition) is 2. The first-order chi connectivity index (χ1) is 9.13. The largest absolute Gasteiger partial charge is 0.325 e. The van der Waals surface area contributed by atoms with Gasteiger partial charge in [0, 0.05) is 23.3 Å². The van der Waals surface area contributed by atoms with Gasteiger partial charge in [0.05, 0.1) is 6.54 Å². The SMILES string of the molecule is Cc1csc(CNCC(=O)Nc2ccc(F)cc2)n1. The molecule has 0 saturated carbocycles. The molecule has 2 rings (SSSR count). The quantitative estimate of drug-likeness (QED) is 0.883. The Morgan fingerprint density at radius 2 is 2.11 bits per heavy atom. The molecule has 0 aliphatic carbocycles. The summed E-state index contributed by atoms with van der Waals surface area (Å²) in [6.07, 6.45) is 0. The van der Waals surface area contributed by atoms with Crippen LogP contribution in [-0.2, 0) is 11.3 Å². The van der Waals surface area contributed by atoms with Crippen LogP contribution < -0.4 is 10.6 Å². The third kappa shape index (κ3) is 4.42. The fourth-order valence-corrected chi connectivity index (χ4v) is 2.25. The summed E-state index contributed by atoms with van der Waals surface area (Å²) < 4.78 is 12.7. The Balaban J connectivity index is 1.74. The highest BCUT2D eigenvalue weighted by Gasteiger charge is 2.03. The molecule has 1 aromatic heterocycles. The van der Waals surface area contributed by atoms with Crippen LogP contribution in [0.3, 0.4) is 0 Å². The van der Waals surface area contributed by atoms with Crippen molar-refractivity contribution >= 4 is 22.9 Å². The molecule has 100 valence electrons. The van der Waals surface area contributed by atoms with E-state index in [1.54, 1.807) is 11.3 Å². The highest BCUT2D eigenvalue weighted by molar-refractivity contribution is 7.09. The molecule has 0 aliphatic rings. The van der Waals surface area contributed by atoms with E-state index in [4.69, 9.17) is 0 Å². The van der Waals surface area contributed by atoms with E-state index in [-0.39, 0.29) is 18.3 Å². The molecule has 0 saturated heterocycles. The Labute approximate surface area is 114 Å². The molecule has 0 atom stereocenters. The molecule has 0 unspecified atom stereocenters. The number of benzene rings is 1. The normalized spacial score (nSPS) is 10.4. The van der Waals surface area contributed by atoms with Gasteiger partial charge in [-0.15, -0.1) is 11.3 Å². The van der Waals surface area contributed by atoms with Crippen LogP contribution in [0.15, 0.2) is 29.6 Å². The number of aromatic nitrogens is 1. The Bertz CT molecular complexity index is 553. The summed E-state index contributed by atoms with van der Waals surface area (Å²) in [6.45, 7) is 2.69. The summed E-state index contributed by atoms with van der Waals surface area (Å²) in [5.41, 5.74) is 1.57. The van der Waals surface area contributed by atoms with Gasteiger partial charge in [-0.3, -0.25) is 4.79 Å². The lowest BCUT2D eigenvalue weighted by Gasteiger charge is -2.05. The zero-order chi connectivity index (χ0) is 13.7. The number of anilines is 1. The van der Waals surface area contributed by atoms with Crippen molar-refractivity contribution in [1.82, 2.24) is 10.3 Å². The zero-order valence-electron chi connectivity index (χ0n) is 10.4. The van der Waals surface area contributed by atoms with Gasteiger partial charge in [0.15, 0.2) is 0 Å². The highest BCUT2D eigenvalue weighted by Crippen LogP contribution is 2.09. The fourth-order valence-electron chi connectivity index (χ4n) is 1.51. The molecule has 1 amide bonds. The van der Waals surface area contributed by atoms with Gasteiger partial charge in [0.25, 0.3) is 0 Å². The molecule has 6 heteroatoms. The fraction of sp³-hybridized carbons (Fsp3) is 0.231. The van der Waals surface area contributed by atoms with Crippen molar-refractivity contribution in [3.8, 4) is 0 Å². The van der Waals surface area contributed by atoms with Crippen molar-refractivity contribution in [2.24, 2.45) is 0 Å². The van der Waals surface area contributed by atoms with E-state index in [0.29, 0.717) is 12.2 Å². The molecule has 1 heterocycles. The number of nitrogens with zero attached hydrogens (tertiary/aromatic N) is 1. The third-order valence-electron chi connectivity index (χ3n) is 2.36. The maximum Gasteiger partial charge on any atom is 0.238 e. The van der Waals surface area contributed by atoms with Gasteiger partial charge in [0.2, 0.25) is 5.91 Å². The number of amides is 1. The molecular formula is C13H14FN3OS. The first-order valence-electron chi connectivity index (χ1n) is 5.80. The average Bonchev–Trinajstić information content (AvgIpc) is 2.78. The minimum Gasteiger partial charge on any atom is -0.325 e. The Morgan fingerprint density at radius 3 is 2.74 bits per heavy atom. The maximum atomic E-state index is 12.7. The molecule has 0 spiro atoms. The lowest BCUT2D eigenvalue weighted by atomic mass is 10.3. The van der Waals surface area contributed by atoms with Crippen LogP contribution in [0.4, 0.5) is 10.1 Å². The van der Waals surface area contributed by atoms with Crippen molar-refractivity contribution in [3.63, 3.8) is 0 Å². The molecule has 4 nitrogen and oxygen atoms in total. The minimum absolute atomic E-state index is 0.167. The van der Waals surface area contributed by atoms with E-state index in [1.807, 2.05) is 12.3 Å². The van der Waals surface area contributed by atoms with E-state index in [2.05, 4.69) is 15.6 Å². The standard InChI is InChI=1S/C13H14FN3OS/c1-9-8-19-13(16-9)7-15-6-12(18)17-11-4-2-10(14)3-5-11/h2-5,8,15H,6-7H2,1H3,(H,17,18). The van der Waals surface area contributed by atoms with E-state index < -0.39 is 0 Å². The smallest absolute Gasteiger partial charge is 0.238 e. The van der Waals surface area contributed by atoms with Gasteiger partial charge in [-0.1, -0.05) is 0 Å². The van der Waals surface area contributed by atoms with Gasteiger partial charge in [-0.25, -0.2) is 9.37 Å². The maximum absolute atomic E-state index is 12.7. The number of nitrogens with one attached hydrogen (secondary N) is 2. The van der Waals surface area contributed by atoms with Crippen molar-refractivity contribution < 1.29 is 9.18 Å². The van der Waals surface area contributed by atoms with Crippen molar-refractivity contribution in [1.29, 1.82) is 0 Å². The molecule has 0 fully saturated rings. The number of carbonyl (C=O) groups excluding carboxylic acids is 1. The molecule has 0 aliphatic heterocycles. The molecule has 0 radical (unpaired) electrons. The monoisotopic (exact) mass is 279 g/mol. The Morgan fingerprint density at radius 1 is 1.37 bits per heavy atom. The minimum atomic E-state index is -0.324. The van der Waals surface area contributed by atoms with Crippen LogP contribution in [0.5, 0.6) is 0 Å². The second-order valence-corrected chi connectivity index (χ2v) is 4.98. The molecule has 2 aromatic rings. The Hall–Kier alpha value is -1.79. The van der Waals surface area contributed by atoms with Crippen LogP contribution in [-0.4, -0.2) is 17.4 Å². The molecular weight excluding hydrogens is 265 g/mol. The first kappa shape index (κ1) is 13.6. The molecule has 0 bridgehead atoms. The van der Waals surface area contributed by atoms with Crippen LogP contribution in [0.25, 0.3) is 0 Å². The summed E-state index contributed by atoms with van der Waals surface area (Å²) in [4.78, 5) is 15.9. The molecule has 2 N–H and O–H groups in total. The van der Waals surface area contributed by atoms with E-state index in [0.717, 1.165) is 10.7 Å². The number of aryl methyl sites for hydroxylation is 1. The van der Waals surface area contributed by atoms with Crippen LogP contribution in [0.2, 0.25) is 0 Å². The van der Waals surface area contributed by atoms with Gasteiger partial charge in [-0.2, -0.15) is 0 Å².